The number of ether oxygens (including phenoxy) is 2. The highest BCUT2D eigenvalue weighted by Gasteiger charge is 2.16. The molecule has 0 amide bonds. The Balaban J connectivity index is 1.30. The summed E-state index contributed by atoms with van der Waals surface area (Å²) in [7, 11) is 0. The van der Waals surface area contributed by atoms with Gasteiger partial charge < -0.3 is 19.3 Å². The Bertz CT molecular complexity index is 1150. The summed E-state index contributed by atoms with van der Waals surface area (Å²) >= 11 is 0. The van der Waals surface area contributed by atoms with E-state index in [0.29, 0.717) is 52.0 Å². The van der Waals surface area contributed by atoms with Crippen LogP contribution in [0.25, 0.3) is 0 Å². The second-order valence-corrected chi connectivity index (χ2v) is 15.7. The maximum Gasteiger partial charge on any atom is 0.307 e. The third-order valence-corrected chi connectivity index (χ3v) is 11.0. The van der Waals surface area contributed by atoms with Crippen LogP contribution in [0.15, 0.2) is 12.4 Å². The summed E-state index contributed by atoms with van der Waals surface area (Å²) in [5.74, 6) is -0.421. The summed E-state index contributed by atoms with van der Waals surface area (Å²) in [5.41, 5.74) is 2.02. The van der Waals surface area contributed by atoms with Gasteiger partial charge in [0, 0.05) is 39.0 Å². The summed E-state index contributed by atoms with van der Waals surface area (Å²) in [6.07, 6.45) is 32.1. The van der Waals surface area contributed by atoms with Gasteiger partial charge in [0.25, 0.3) is 0 Å². The molecule has 0 atom stereocenters. The highest BCUT2D eigenvalue weighted by molar-refractivity contribution is 5.70. The van der Waals surface area contributed by atoms with Gasteiger partial charge in [0.15, 0.2) is 0 Å². The lowest BCUT2D eigenvalue weighted by atomic mass is 10.1. The Morgan fingerprint density at radius 1 is 0.564 bits per heavy atom. The van der Waals surface area contributed by atoms with Crippen LogP contribution in [0.4, 0.5) is 0 Å². The summed E-state index contributed by atoms with van der Waals surface area (Å²) in [6, 6.07) is 0. The van der Waals surface area contributed by atoms with Crippen molar-refractivity contribution < 1.29 is 19.1 Å². The Morgan fingerprint density at radius 2 is 0.982 bits per heavy atom. The molecule has 2 aromatic rings. The molecule has 0 unspecified atom stereocenters. The van der Waals surface area contributed by atoms with E-state index in [2.05, 4.69) is 44.3 Å². The number of carbonyl (C=O) groups is 2. The molecule has 1 aliphatic heterocycles. The molecule has 12 nitrogen and oxygen atoms in total. The number of unbranched alkanes of at least 4 members (excludes halogenated alkanes) is 16. The van der Waals surface area contributed by atoms with E-state index in [-0.39, 0.29) is 11.9 Å². The van der Waals surface area contributed by atoms with Gasteiger partial charge in [0.1, 0.15) is 0 Å². The SMILES string of the molecule is CCCCCCCCCCCn1nncc1CCOC(=O)CCN(CCCN1CCCC1)CCC(=O)OCCc1cnnn1CCCCCCCCCCC. The summed E-state index contributed by atoms with van der Waals surface area (Å²) in [6.45, 7) is 12.2. The first-order valence-corrected chi connectivity index (χ1v) is 22.6. The van der Waals surface area contributed by atoms with Crippen molar-refractivity contribution in [1.82, 2.24) is 39.8 Å². The maximum absolute atomic E-state index is 12.8. The third-order valence-electron chi connectivity index (χ3n) is 11.0. The molecule has 1 fully saturated rings. The van der Waals surface area contributed by atoms with E-state index in [4.69, 9.17) is 9.47 Å². The molecule has 0 N–H and O–H groups in total. The van der Waals surface area contributed by atoms with Gasteiger partial charge in [-0.25, -0.2) is 9.36 Å². The minimum absolute atomic E-state index is 0.210. The minimum Gasteiger partial charge on any atom is -0.465 e. The van der Waals surface area contributed by atoms with Gasteiger partial charge in [-0.15, -0.1) is 10.2 Å². The van der Waals surface area contributed by atoms with Crippen molar-refractivity contribution in [3.8, 4) is 0 Å². The molecule has 0 spiro atoms. The summed E-state index contributed by atoms with van der Waals surface area (Å²) in [4.78, 5) is 30.3. The number of aromatic nitrogens is 6. The smallest absolute Gasteiger partial charge is 0.307 e. The molecule has 12 heteroatoms. The predicted molar refractivity (Wildman–Crippen MR) is 220 cm³/mol. The highest BCUT2D eigenvalue weighted by atomic mass is 16.5. The molecule has 55 heavy (non-hydrogen) atoms. The van der Waals surface area contributed by atoms with Crippen LogP contribution in [0.5, 0.6) is 0 Å². The van der Waals surface area contributed by atoms with Crippen LogP contribution in [0.3, 0.4) is 0 Å². The van der Waals surface area contributed by atoms with Crippen LogP contribution in [0.1, 0.15) is 173 Å². The van der Waals surface area contributed by atoms with Crippen LogP contribution in [0.2, 0.25) is 0 Å². The molecule has 0 saturated carbocycles. The molecule has 314 valence electrons. The first kappa shape index (κ1) is 46.5. The Kier molecular flexibility index (Phi) is 26.4. The van der Waals surface area contributed by atoms with E-state index in [1.807, 2.05) is 9.36 Å². The zero-order valence-electron chi connectivity index (χ0n) is 35.1. The Hall–Kier alpha value is -2.86. The second-order valence-electron chi connectivity index (χ2n) is 15.7. The van der Waals surface area contributed by atoms with E-state index in [9.17, 15) is 9.59 Å². The zero-order valence-corrected chi connectivity index (χ0v) is 35.1. The maximum atomic E-state index is 12.8. The van der Waals surface area contributed by atoms with Crippen LogP contribution >= 0.6 is 0 Å². The summed E-state index contributed by atoms with van der Waals surface area (Å²) in [5, 5.41) is 16.7. The summed E-state index contributed by atoms with van der Waals surface area (Å²) < 4.78 is 15.2. The largest absolute Gasteiger partial charge is 0.465 e. The van der Waals surface area contributed by atoms with E-state index >= 15 is 0 Å². The second kappa shape index (κ2) is 31.3. The lowest BCUT2D eigenvalue weighted by Crippen LogP contribution is -2.33. The average molecular weight is 771 g/mol. The standard InChI is InChI=1S/C43H78N8O4/c1-3-5-7-9-11-13-15-17-19-32-50-40(38-44-46-50)26-36-54-42(52)24-34-49(31-23-30-48-28-21-22-29-48)35-25-43(53)55-37-27-41-39-45-47-51(41)33-20-18-16-14-12-10-8-6-4-2/h38-39H,3-37H2,1-2H3. The van der Waals surface area contributed by atoms with Crippen LogP contribution in [-0.2, 0) is 45.0 Å². The van der Waals surface area contributed by atoms with Gasteiger partial charge in [0.2, 0.25) is 0 Å². The van der Waals surface area contributed by atoms with Crippen LogP contribution in [0, 0.1) is 0 Å². The molecular weight excluding hydrogens is 693 g/mol. The van der Waals surface area contributed by atoms with Crippen molar-refractivity contribution in [3.63, 3.8) is 0 Å². The van der Waals surface area contributed by atoms with Gasteiger partial charge in [-0.3, -0.25) is 9.59 Å². The number of hydrogen-bond acceptors (Lipinski definition) is 10. The molecule has 0 radical (unpaired) electrons. The fraction of sp³-hybridized carbons (Fsp3) is 0.860. The van der Waals surface area contributed by atoms with Crippen molar-refractivity contribution in [1.29, 1.82) is 0 Å². The van der Waals surface area contributed by atoms with E-state index in [1.165, 1.54) is 129 Å². The van der Waals surface area contributed by atoms with Crippen molar-refractivity contribution in [2.24, 2.45) is 0 Å². The minimum atomic E-state index is -0.210. The number of esters is 2. The number of likely N-dealkylation sites (tertiary alicyclic amines) is 1. The van der Waals surface area contributed by atoms with E-state index in [1.54, 1.807) is 12.4 Å². The molecule has 3 rings (SSSR count). The lowest BCUT2D eigenvalue weighted by Gasteiger charge is -2.23. The third kappa shape index (κ3) is 22.5. The van der Waals surface area contributed by atoms with E-state index < -0.39 is 0 Å². The molecule has 0 bridgehead atoms. The van der Waals surface area contributed by atoms with Crippen molar-refractivity contribution in [2.45, 2.75) is 187 Å². The van der Waals surface area contributed by atoms with Gasteiger partial charge in [-0.2, -0.15) is 0 Å². The number of nitrogens with zero attached hydrogens (tertiary/aromatic N) is 8. The van der Waals surface area contributed by atoms with E-state index in [0.717, 1.165) is 56.8 Å². The Morgan fingerprint density at radius 3 is 1.42 bits per heavy atom. The molecule has 1 saturated heterocycles. The fourth-order valence-electron chi connectivity index (χ4n) is 7.51. The first-order valence-electron chi connectivity index (χ1n) is 22.6. The van der Waals surface area contributed by atoms with Crippen molar-refractivity contribution in [3.05, 3.63) is 23.8 Å². The number of aryl methyl sites for hydroxylation is 2. The fourth-order valence-corrected chi connectivity index (χ4v) is 7.51. The quantitative estimate of drug-likeness (QED) is 0.0494. The zero-order chi connectivity index (χ0) is 39.0. The number of rotatable bonds is 36. The van der Waals surface area contributed by atoms with Gasteiger partial charge in [-0.1, -0.05) is 127 Å². The van der Waals surface area contributed by atoms with Crippen LogP contribution in [-0.4, -0.2) is 104 Å². The van der Waals surface area contributed by atoms with Gasteiger partial charge >= 0.3 is 11.9 Å². The lowest BCUT2D eigenvalue weighted by molar-refractivity contribution is -0.144. The monoisotopic (exact) mass is 771 g/mol. The van der Waals surface area contributed by atoms with Gasteiger partial charge in [0.05, 0.1) is 49.8 Å². The normalized spacial score (nSPS) is 13.3. The number of carbonyl (C=O) groups excluding carboxylic acids is 2. The Labute approximate surface area is 333 Å². The highest BCUT2D eigenvalue weighted by Crippen LogP contribution is 2.13. The van der Waals surface area contributed by atoms with Crippen molar-refractivity contribution in [2.75, 3.05) is 52.5 Å². The van der Waals surface area contributed by atoms with Crippen molar-refractivity contribution >= 4 is 11.9 Å². The molecule has 3 heterocycles. The van der Waals surface area contributed by atoms with Gasteiger partial charge in [-0.05, 0) is 58.3 Å². The topological polar surface area (TPSA) is 120 Å². The molecule has 0 aromatic carbocycles. The molecule has 2 aromatic heterocycles. The molecule has 0 aliphatic carbocycles. The molecular formula is C43H78N8O4. The molecule has 1 aliphatic rings. The average Bonchev–Trinajstić information content (AvgIpc) is 3.98. The van der Waals surface area contributed by atoms with Crippen LogP contribution < -0.4 is 0 Å². The predicted octanol–water partition coefficient (Wildman–Crippen LogP) is 8.37. The first-order chi connectivity index (χ1) is 27.1. The number of hydrogen-bond donors (Lipinski definition) is 0.